The zero-order valence-corrected chi connectivity index (χ0v) is 13.8. The highest BCUT2D eigenvalue weighted by molar-refractivity contribution is 6.30. The van der Waals surface area contributed by atoms with Gasteiger partial charge in [0.05, 0.1) is 5.02 Å². The molecule has 4 heteroatoms. The van der Waals surface area contributed by atoms with Crippen molar-refractivity contribution in [2.24, 2.45) is 5.73 Å². The lowest BCUT2D eigenvalue weighted by Gasteiger charge is -2.42. The molecule has 0 bridgehead atoms. The Balaban J connectivity index is 2.10. The first kappa shape index (κ1) is 16.7. The standard InChI is InChI=1S/C17H26ClFN2/c1-17(2,21-10-5-3-4-6-11-21)15(20)12-13-8-7-9-14(18)16(13)19/h7-9,15H,3-6,10-12,20H2,1-2H3. The van der Waals surface area contributed by atoms with E-state index in [2.05, 4.69) is 18.7 Å². The number of benzene rings is 1. The second-order valence-corrected chi connectivity index (χ2v) is 6.99. The summed E-state index contributed by atoms with van der Waals surface area (Å²) in [6.07, 6.45) is 5.55. The lowest BCUT2D eigenvalue weighted by atomic mass is 9.87. The van der Waals surface area contributed by atoms with E-state index in [9.17, 15) is 4.39 Å². The molecule has 0 saturated carbocycles. The van der Waals surface area contributed by atoms with Gasteiger partial charge in [-0.15, -0.1) is 0 Å². The Morgan fingerprint density at radius 3 is 2.48 bits per heavy atom. The Hall–Kier alpha value is -0.640. The molecule has 1 fully saturated rings. The van der Waals surface area contributed by atoms with E-state index < -0.39 is 0 Å². The third-order valence-electron chi connectivity index (χ3n) is 4.80. The summed E-state index contributed by atoms with van der Waals surface area (Å²) in [6, 6.07) is 5.02. The minimum atomic E-state index is -0.332. The molecule has 0 amide bonds. The summed E-state index contributed by atoms with van der Waals surface area (Å²) >= 11 is 5.86. The maximum atomic E-state index is 14.1. The van der Waals surface area contributed by atoms with E-state index in [1.807, 2.05) is 0 Å². The fourth-order valence-electron chi connectivity index (χ4n) is 3.07. The van der Waals surface area contributed by atoms with Crippen LogP contribution in [0.1, 0.15) is 45.1 Å². The summed E-state index contributed by atoms with van der Waals surface area (Å²) in [5.74, 6) is -0.332. The van der Waals surface area contributed by atoms with Crippen LogP contribution in [-0.2, 0) is 6.42 Å². The van der Waals surface area contributed by atoms with Gasteiger partial charge in [0, 0.05) is 11.6 Å². The van der Waals surface area contributed by atoms with Crippen LogP contribution in [0.4, 0.5) is 4.39 Å². The van der Waals surface area contributed by atoms with Gasteiger partial charge in [0.1, 0.15) is 5.82 Å². The van der Waals surface area contributed by atoms with Gasteiger partial charge in [0.2, 0.25) is 0 Å². The van der Waals surface area contributed by atoms with E-state index >= 15 is 0 Å². The molecule has 1 unspecified atom stereocenters. The van der Waals surface area contributed by atoms with Crippen LogP contribution in [0, 0.1) is 5.82 Å². The van der Waals surface area contributed by atoms with Crippen molar-refractivity contribution in [3.63, 3.8) is 0 Å². The number of hydrogen-bond donors (Lipinski definition) is 1. The summed E-state index contributed by atoms with van der Waals surface area (Å²) in [6.45, 7) is 6.51. The van der Waals surface area contributed by atoms with Crippen LogP contribution >= 0.6 is 11.6 Å². The molecule has 0 aliphatic carbocycles. The van der Waals surface area contributed by atoms with E-state index in [0.717, 1.165) is 13.1 Å². The van der Waals surface area contributed by atoms with Crippen molar-refractivity contribution in [3.05, 3.63) is 34.6 Å². The van der Waals surface area contributed by atoms with E-state index in [4.69, 9.17) is 17.3 Å². The second kappa shape index (κ2) is 7.08. The molecule has 0 aromatic heterocycles. The highest BCUT2D eigenvalue weighted by Gasteiger charge is 2.33. The minimum Gasteiger partial charge on any atom is -0.326 e. The number of halogens is 2. The number of nitrogens with zero attached hydrogens (tertiary/aromatic N) is 1. The van der Waals surface area contributed by atoms with Gasteiger partial charge < -0.3 is 5.73 Å². The van der Waals surface area contributed by atoms with Crippen LogP contribution < -0.4 is 5.73 Å². The average Bonchev–Trinajstić information content (AvgIpc) is 2.73. The number of likely N-dealkylation sites (tertiary alicyclic amines) is 1. The quantitative estimate of drug-likeness (QED) is 0.910. The first-order valence-corrected chi connectivity index (χ1v) is 8.24. The Kier molecular flexibility index (Phi) is 5.64. The Morgan fingerprint density at radius 1 is 1.24 bits per heavy atom. The first-order chi connectivity index (χ1) is 9.93. The molecule has 2 rings (SSSR count). The van der Waals surface area contributed by atoms with Gasteiger partial charge in [-0.1, -0.05) is 36.6 Å². The molecule has 1 aliphatic rings. The van der Waals surface area contributed by atoms with Gasteiger partial charge >= 0.3 is 0 Å². The van der Waals surface area contributed by atoms with Crippen molar-refractivity contribution in [1.29, 1.82) is 0 Å². The molecule has 1 aromatic carbocycles. The molecule has 1 aromatic rings. The van der Waals surface area contributed by atoms with Crippen LogP contribution in [0.3, 0.4) is 0 Å². The number of hydrogen-bond acceptors (Lipinski definition) is 2. The van der Waals surface area contributed by atoms with Gasteiger partial charge in [0.25, 0.3) is 0 Å². The SMILES string of the molecule is CC(C)(C(N)Cc1cccc(Cl)c1F)N1CCCCCC1. The van der Waals surface area contributed by atoms with E-state index in [1.54, 1.807) is 18.2 Å². The fourth-order valence-corrected chi connectivity index (χ4v) is 3.27. The van der Waals surface area contributed by atoms with Crippen molar-refractivity contribution in [3.8, 4) is 0 Å². The Bertz CT molecular complexity index is 468. The average molecular weight is 313 g/mol. The normalized spacial score (nSPS) is 19.3. The Labute approximate surface area is 132 Å². The summed E-state index contributed by atoms with van der Waals surface area (Å²) in [7, 11) is 0. The molecule has 1 heterocycles. The maximum absolute atomic E-state index is 14.1. The summed E-state index contributed by atoms with van der Waals surface area (Å²) in [5, 5.41) is 0.173. The molecule has 0 radical (unpaired) electrons. The van der Waals surface area contributed by atoms with Crippen molar-refractivity contribution in [2.45, 2.75) is 57.5 Å². The summed E-state index contributed by atoms with van der Waals surface area (Å²) in [5.41, 5.74) is 6.90. The van der Waals surface area contributed by atoms with E-state index in [-0.39, 0.29) is 22.4 Å². The molecule has 1 aliphatic heterocycles. The smallest absolute Gasteiger partial charge is 0.145 e. The topological polar surface area (TPSA) is 29.3 Å². The van der Waals surface area contributed by atoms with E-state index in [0.29, 0.717) is 12.0 Å². The molecule has 118 valence electrons. The lowest BCUT2D eigenvalue weighted by molar-refractivity contribution is 0.0976. The van der Waals surface area contributed by atoms with Gasteiger partial charge in [-0.2, -0.15) is 0 Å². The third-order valence-corrected chi connectivity index (χ3v) is 5.09. The van der Waals surface area contributed by atoms with Crippen molar-refractivity contribution in [1.82, 2.24) is 4.90 Å². The molecule has 2 nitrogen and oxygen atoms in total. The lowest BCUT2D eigenvalue weighted by Crippen LogP contribution is -2.57. The largest absolute Gasteiger partial charge is 0.326 e. The van der Waals surface area contributed by atoms with Crippen LogP contribution in [-0.4, -0.2) is 29.6 Å². The molecular formula is C17H26ClFN2. The predicted molar refractivity (Wildman–Crippen MR) is 87.2 cm³/mol. The Morgan fingerprint density at radius 2 is 1.86 bits per heavy atom. The molecule has 0 spiro atoms. The van der Waals surface area contributed by atoms with Crippen molar-refractivity contribution >= 4 is 11.6 Å². The summed E-state index contributed by atoms with van der Waals surface area (Å²) < 4.78 is 14.1. The summed E-state index contributed by atoms with van der Waals surface area (Å²) in [4.78, 5) is 2.47. The monoisotopic (exact) mass is 312 g/mol. The van der Waals surface area contributed by atoms with Gasteiger partial charge in [-0.3, -0.25) is 4.90 Å². The molecule has 2 N–H and O–H groups in total. The molecular weight excluding hydrogens is 287 g/mol. The number of nitrogens with two attached hydrogens (primary N) is 1. The molecule has 1 atom stereocenters. The van der Waals surface area contributed by atoms with Crippen LogP contribution in [0.15, 0.2) is 18.2 Å². The van der Waals surface area contributed by atoms with Crippen LogP contribution in [0.2, 0.25) is 5.02 Å². The van der Waals surface area contributed by atoms with Gasteiger partial charge in [0.15, 0.2) is 0 Å². The highest BCUT2D eigenvalue weighted by Crippen LogP contribution is 2.26. The van der Waals surface area contributed by atoms with Gasteiger partial charge in [-0.25, -0.2) is 4.39 Å². The minimum absolute atomic E-state index is 0.122. The predicted octanol–water partition coefficient (Wildman–Crippen LogP) is 4.00. The van der Waals surface area contributed by atoms with E-state index in [1.165, 1.54) is 25.7 Å². The maximum Gasteiger partial charge on any atom is 0.145 e. The third kappa shape index (κ3) is 3.97. The van der Waals surface area contributed by atoms with Crippen LogP contribution in [0.25, 0.3) is 0 Å². The number of rotatable bonds is 4. The molecule has 1 saturated heterocycles. The zero-order valence-electron chi connectivity index (χ0n) is 13.0. The van der Waals surface area contributed by atoms with Crippen molar-refractivity contribution in [2.75, 3.05) is 13.1 Å². The fraction of sp³-hybridized carbons (Fsp3) is 0.647. The van der Waals surface area contributed by atoms with Crippen molar-refractivity contribution < 1.29 is 4.39 Å². The first-order valence-electron chi connectivity index (χ1n) is 7.86. The zero-order chi connectivity index (χ0) is 15.5. The van der Waals surface area contributed by atoms with Crippen LogP contribution in [0.5, 0.6) is 0 Å². The highest BCUT2D eigenvalue weighted by atomic mass is 35.5. The van der Waals surface area contributed by atoms with Gasteiger partial charge in [-0.05, 0) is 57.8 Å². The molecule has 21 heavy (non-hydrogen) atoms. The second-order valence-electron chi connectivity index (χ2n) is 6.58.